The van der Waals surface area contributed by atoms with Crippen LogP contribution in [-0.4, -0.2) is 15.4 Å². The molecule has 0 aromatic carbocycles. The molecule has 0 amide bonds. The zero-order chi connectivity index (χ0) is 12.3. The predicted octanol–water partition coefficient (Wildman–Crippen LogP) is 3.39. The Kier molecular flexibility index (Phi) is 4.01. The number of thioether (sulfide) groups is 1. The molecule has 4 heteroatoms. The van der Waals surface area contributed by atoms with E-state index in [-0.39, 0.29) is 0 Å². The van der Waals surface area contributed by atoms with Crippen molar-refractivity contribution in [3.8, 4) is 6.07 Å². The van der Waals surface area contributed by atoms with Crippen molar-refractivity contribution >= 4 is 11.8 Å². The summed E-state index contributed by atoms with van der Waals surface area (Å²) in [5, 5.41) is 19.0. The average Bonchev–Trinajstić information content (AvgIpc) is 2.36. The lowest BCUT2D eigenvalue weighted by molar-refractivity contribution is 0.515. The minimum absolute atomic E-state index is 0.618. The van der Waals surface area contributed by atoms with Gasteiger partial charge in [-0.05, 0) is 32.3 Å². The van der Waals surface area contributed by atoms with Gasteiger partial charge in [-0.15, -0.1) is 5.10 Å². The van der Waals surface area contributed by atoms with Gasteiger partial charge < -0.3 is 0 Å². The van der Waals surface area contributed by atoms with Crippen LogP contribution in [0.4, 0.5) is 0 Å². The summed E-state index contributed by atoms with van der Waals surface area (Å²) in [6, 6.07) is 2.27. The van der Waals surface area contributed by atoms with Crippen LogP contribution in [0.15, 0.2) is 5.03 Å². The van der Waals surface area contributed by atoms with Crippen molar-refractivity contribution < 1.29 is 0 Å². The van der Waals surface area contributed by atoms with Gasteiger partial charge in [-0.3, -0.25) is 0 Å². The van der Waals surface area contributed by atoms with E-state index in [2.05, 4.69) is 16.3 Å². The van der Waals surface area contributed by atoms with Gasteiger partial charge in [-0.1, -0.05) is 31.0 Å². The highest BCUT2D eigenvalue weighted by atomic mass is 32.2. The van der Waals surface area contributed by atoms with Crippen LogP contribution >= 0.6 is 11.8 Å². The SMILES string of the molecule is Cc1nnc(SC2CCCCC2)c(C#N)c1C. The monoisotopic (exact) mass is 247 g/mol. The van der Waals surface area contributed by atoms with Crippen molar-refractivity contribution in [3.05, 3.63) is 16.8 Å². The van der Waals surface area contributed by atoms with Gasteiger partial charge in [0, 0.05) is 5.25 Å². The Morgan fingerprint density at radius 2 is 1.88 bits per heavy atom. The van der Waals surface area contributed by atoms with Crippen LogP contribution in [0.1, 0.15) is 48.9 Å². The van der Waals surface area contributed by atoms with Crippen molar-refractivity contribution in [1.29, 1.82) is 5.26 Å². The first kappa shape index (κ1) is 12.4. The first-order valence-corrected chi connectivity index (χ1v) is 7.01. The number of nitrogens with zero attached hydrogens (tertiary/aromatic N) is 3. The van der Waals surface area contributed by atoms with Crippen LogP contribution < -0.4 is 0 Å². The second kappa shape index (κ2) is 5.50. The molecule has 0 atom stereocenters. The lowest BCUT2D eigenvalue weighted by Crippen LogP contribution is -2.09. The second-order valence-corrected chi connectivity index (χ2v) is 5.87. The van der Waals surface area contributed by atoms with Gasteiger partial charge in [0.05, 0.1) is 11.3 Å². The summed E-state index contributed by atoms with van der Waals surface area (Å²) in [6.45, 7) is 3.85. The Morgan fingerprint density at radius 3 is 2.53 bits per heavy atom. The van der Waals surface area contributed by atoms with Crippen molar-refractivity contribution in [1.82, 2.24) is 10.2 Å². The largest absolute Gasteiger partial charge is 0.192 e. The molecule has 0 N–H and O–H groups in total. The van der Waals surface area contributed by atoms with Crippen LogP contribution in [-0.2, 0) is 0 Å². The van der Waals surface area contributed by atoms with Gasteiger partial charge in [-0.25, -0.2) is 0 Å². The summed E-state index contributed by atoms with van der Waals surface area (Å²) in [5.74, 6) is 0. The standard InChI is InChI=1S/C13H17N3S/c1-9-10(2)15-16-13(12(9)8-14)17-11-6-4-3-5-7-11/h11H,3-7H2,1-2H3. The van der Waals surface area contributed by atoms with Crippen LogP contribution in [0.3, 0.4) is 0 Å². The van der Waals surface area contributed by atoms with Crippen molar-refractivity contribution in [2.24, 2.45) is 0 Å². The second-order valence-electron chi connectivity index (χ2n) is 4.58. The van der Waals surface area contributed by atoms with E-state index in [1.807, 2.05) is 13.8 Å². The fourth-order valence-corrected chi connectivity index (χ4v) is 3.43. The summed E-state index contributed by atoms with van der Waals surface area (Å²) < 4.78 is 0. The van der Waals surface area contributed by atoms with Gasteiger partial charge in [0.15, 0.2) is 0 Å². The molecule has 0 radical (unpaired) electrons. The third-order valence-electron chi connectivity index (χ3n) is 3.36. The third-order valence-corrected chi connectivity index (χ3v) is 4.68. The van der Waals surface area contributed by atoms with E-state index in [0.29, 0.717) is 10.8 Å². The maximum atomic E-state index is 9.22. The van der Waals surface area contributed by atoms with E-state index in [0.717, 1.165) is 16.3 Å². The molecule has 1 aromatic heterocycles. The molecular formula is C13H17N3S. The molecule has 1 aliphatic carbocycles. The minimum atomic E-state index is 0.618. The zero-order valence-electron chi connectivity index (χ0n) is 10.4. The minimum Gasteiger partial charge on any atom is -0.192 e. The Balaban J connectivity index is 2.20. The first-order valence-electron chi connectivity index (χ1n) is 6.13. The number of rotatable bonds is 2. The van der Waals surface area contributed by atoms with Crippen molar-refractivity contribution in [2.45, 2.75) is 56.2 Å². The van der Waals surface area contributed by atoms with E-state index < -0.39 is 0 Å². The van der Waals surface area contributed by atoms with Crippen LogP contribution in [0.25, 0.3) is 0 Å². The normalized spacial score (nSPS) is 16.8. The number of hydrogen-bond acceptors (Lipinski definition) is 4. The molecule has 1 aromatic rings. The molecule has 3 nitrogen and oxygen atoms in total. The Bertz CT molecular complexity index is 445. The smallest absolute Gasteiger partial charge is 0.137 e. The lowest BCUT2D eigenvalue weighted by Gasteiger charge is -2.20. The van der Waals surface area contributed by atoms with E-state index in [1.165, 1.54) is 32.1 Å². The van der Waals surface area contributed by atoms with E-state index in [4.69, 9.17) is 0 Å². The molecule has 90 valence electrons. The molecule has 2 rings (SSSR count). The molecule has 1 fully saturated rings. The highest BCUT2D eigenvalue weighted by molar-refractivity contribution is 7.99. The molecule has 0 aliphatic heterocycles. The Labute approximate surface area is 107 Å². The summed E-state index contributed by atoms with van der Waals surface area (Å²) >= 11 is 1.74. The topological polar surface area (TPSA) is 49.6 Å². The van der Waals surface area contributed by atoms with Gasteiger partial charge in [0.25, 0.3) is 0 Å². The number of aromatic nitrogens is 2. The molecule has 1 saturated carbocycles. The van der Waals surface area contributed by atoms with Gasteiger partial charge in [-0.2, -0.15) is 10.4 Å². The predicted molar refractivity (Wildman–Crippen MR) is 69.0 cm³/mol. The molecule has 17 heavy (non-hydrogen) atoms. The first-order chi connectivity index (χ1) is 8.22. The highest BCUT2D eigenvalue weighted by Gasteiger charge is 2.19. The molecule has 0 bridgehead atoms. The summed E-state index contributed by atoms with van der Waals surface area (Å²) in [4.78, 5) is 0. The summed E-state index contributed by atoms with van der Waals surface area (Å²) in [5.41, 5.74) is 2.54. The zero-order valence-corrected chi connectivity index (χ0v) is 11.2. The summed E-state index contributed by atoms with van der Waals surface area (Å²) in [7, 11) is 0. The fraction of sp³-hybridized carbons (Fsp3) is 0.615. The average molecular weight is 247 g/mol. The fourth-order valence-electron chi connectivity index (χ4n) is 2.14. The van der Waals surface area contributed by atoms with Crippen LogP contribution in [0, 0.1) is 25.2 Å². The van der Waals surface area contributed by atoms with Gasteiger partial charge in [0.1, 0.15) is 11.1 Å². The summed E-state index contributed by atoms with van der Waals surface area (Å²) in [6.07, 6.45) is 6.44. The van der Waals surface area contributed by atoms with E-state index >= 15 is 0 Å². The van der Waals surface area contributed by atoms with E-state index in [1.54, 1.807) is 11.8 Å². The molecule has 0 spiro atoms. The number of nitriles is 1. The Morgan fingerprint density at radius 1 is 1.18 bits per heavy atom. The third kappa shape index (κ3) is 2.78. The molecule has 0 saturated heterocycles. The molecule has 1 aliphatic rings. The molecule has 1 heterocycles. The maximum absolute atomic E-state index is 9.22. The maximum Gasteiger partial charge on any atom is 0.137 e. The quantitative estimate of drug-likeness (QED) is 0.803. The Hall–Kier alpha value is -1.08. The van der Waals surface area contributed by atoms with Gasteiger partial charge in [0.2, 0.25) is 0 Å². The number of aryl methyl sites for hydroxylation is 1. The van der Waals surface area contributed by atoms with E-state index in [9.17, 15) is 5.26 Å². The number of hydrogen-bond donors (Lipinski definition) is 0. The van der Waals surface area contributed by atoms with Crippen molar-refractivity contribution in [2.75, 3.05) is 0 Å². The van der Waals surface area contributed by atoms with Crippen molar-refractivity contribution in [3.63, 3.8) is 0 Å². The van der Waals surface area contributed by atoms with Crippen LogP contribution in [0.2, 0.25) is 0 Å². The van der Waals surface area contributed by atoms with Crippen LogP contribution in [0.5, 0.6) is 0 Å². The highest BCUT2D eigenvalue weighted by Crippen LogP contribution is 2.34. The molecule has 0 unspecified atom stereocenters. The lowest BCUT2D eigenvalue weighted by atomic mass is 10.0. The van der Waals surface area contributed by atoms with Gasteiger partial charge >= 0.3 is 0 Å². The molecular weight excluding hydrogens is 230 g/mol.